The highest BCUT2D eigenvalue weighted by Gasteiger charge is 2.02. The third-order valence-electron chi connectivity index (χ3n) is 2.20. The zero-order valence-electron chi connectivity index (χ0n) is 11.4. The Morgan fingerprint density at radius 2 is 1.18 bits per heavy atom. The molecule has 0 aliphatic rings. The molecule has 114 valence electrons. The SMILES string of the molecule is NC(=O)C=CC(=O)Nc1cccc(NC(=O)C=CC(N)=O)c1. The van der Waals surface area contributed by atoms with Gasteiger partial charge in [0.25, 0.3) is 0 Å². The average Bonchev–Trinajstić information content (AvgIpc) is 2.43. The molecule has 0 atom stereocenters. The lowest BCUT2D eigenvalue weighted by Crippen LogP contribution is -2.13. The van der Waals surface area contributed by atoms with Gasteiger partial charge in [-0.2, -0.15) is 0 Å². The van der Waals surface area contributed by atoms with Crippen LogP contribution in [0, 0.1) is 0 Å². The quantitative estimate of drug-likeness (QED) is 0.532. The van der Waals surface area contributed by atoms with Crippen LogP contribution in [0.1, 0.15) is 0 Å². The van der Waals surface area contributed by atoms with Crippen LogP contribution in [0.25, 0.3) is 0 Å². The van der Waals surface area contributed by atoms with E-state index in [0.717, 1.165) is 24.3 Å². The third-order valence-corrected chi connectivity index (χ3v) is 2.20. The molecular formula is C14H14N4O4. The summed E-state index contributed by atoms with van der Waals surface area (Å²) >= 11 is 0. The summed E-state index contributed by atoms with van der Waals surface area (Å²) < 4.78 is 0. The monoisotopic (exact) mass is 302 g/mol. The van der Waals surface area contributed by atoms with Crippen molar-refractivity contribution in [3.8, 4) is 0 Å². The molecule has 1 rings (SSSR count). The van der Waals surface area contributed by atoms with Crippen LogP contribution in [-0.2, 0) is 19.2 Å². The van der Waals surface area contributed by atoms with Gasteiger partial charge in [-0.3, -0.25) is 19.2 Å². The number of nitrogens with two attached hydrogens (primary N) is 2. The van der Waals surface area contributed by atoms with Crippen molar-refractivity contribution in [1.29, 1.82) is 0 Å². The molecule has 6 N–H and O–H groups in total. The van der Waals surface area contributed by atoms with E-state index < -0.39 is 23.6 Å². The Kier molecular flexibility index (Phi) is 6.05. The van der Waals surface area contributed by atoms with Gasteiger partial charge in [0.05, 0.1) is 0 Å². The number of carbonyl (C=O) groups excluding carboxylic acids is 4. The molecule has 0 fully saturated rings. The van der Waals surface area contributed by atoms with Gasteiger partial charge >= 0.3 is 0 Å². The highest BCUT2D eigenvalue weighted by atomic mass is 16.2. The van der Waals surface area contributed by atoms with Crippen LogP contribution in [0.2, 0.25) is 0 Å². The largest absolute Gasteiger partial charge is 0.366 e. The van der Waals surface area contributed by atoms with E-state index >= 15 is 0 Å². The second kappa shape index (κ2) is 8.00. The van der Waals surface area contributed by atoms with Crippen LogP contribution < -0.4 is 22.1 Å². The summed E-state index contributed by atoms with van der Waals surface area (Å²) in [5, 5.41) is 4.97. The van der Waals surface area contributed by atoms with E-state index in [0.29, 0.717) is 11.4 Å². The van der Waals surface area contributed by atoms with Gasteiger partial charge in [0.15, 0.2) is 0 Å². The fraction of sp³-hybridized carbons (Fsp3) is 0. The first-order valence-electron chi connectivity index (χ1n) is 6.04. The van der Waals surface area contributed by atoms with E-state index in [4.69, 9.17) is 11.5 Å². The van der Waals surface area contributed by atoms with Crippen LogP contribution in [-0.4, -0.2) is 23.6 Å². The minimum Gasteiger partial charge on any atom is -0.366 e. The molecule has 0 saturated heterocycles. The highest BCUT2D eigenvalue weighted by molar-refractivity contribution is 6.05. The van der Waals surface area contributed by atoms with E-state index in [2.05, 4.69) is 10.6 Å². The summed E-state index contributed by atoms with van der Waals surface area (Å²) in [6.45, 7) is 0. The van der Waals surface area contributed by atoms with Gasteiger partial charge < -0.3 is 22.1 Å². The van der Waals surface area contributed by atoms with Gasteiger partial charge in [-0.1, -0.05) is 6.07 Å². The highest BCUT2D eigenvalue weighted by Crippen LogP contribution is 2.15. The fourth-order valence-corrected chi connectivity index (χ4v) is 1.36. The Bertz CT molecular complexity index is 611. The van der Waals surface area contributed by atoms with Crippen molar-refractivity contribution in [3.63, 3.8) is 0 Å². The number of hydrogen-bond acceptors (Lipinski definition) is 4. The Balaban J connectivity index is 2.70. The van der Waals surface area contributed by atoms with Gasteiger partial charge in [-0.15, -0.1) is 0 Å². The van der Waals surface area contributed by atoms with Crippen molar-refractivity contribution in [2.75, 3.05) is 10.6 Å². The molecule has 22 heavy (non-hydrogen) atoms. The topological polar surface area (TPSA) is 144 Å². The molecule has 0 aliphatic carbocycles. The lowest BCUT2D eigenvalue weighted by atomic mass is 10.2. The molecule has 0 aromatic heterocycles. The zero-order valence-corrected chi connectivity index (χ0v) is 11.4. The van der Waals surface area contributed by atoms with Crippen LogP contribution in [0.15, 0.2) is 48.6 Å². The molecule has 0 radical (unpaired) electrons. The second-order valence-corrected chi connectivity index (χ2v) is 4.03. The van der Waals surface area contributed by atoms with Crippen molar-refractivity contribution in [1.82, 2.24) is 0 Å². The first kappa shape index (κ1) is 16.6. The number of amides is 4. The lowest BCUT2D eigenvalue weighted by Gasteiger charge is -2.06. The van der Waals surface area contributed by atoms with Crippen molar-refractivity contribution in [3.05, 3.63) is 48.6 Å². The van der Waals surface area contributed by atoms with Gasteiger partial charge in [0, 0.05) is 35.7 Å². The Labute approximate surface area is 125 Å². The first-order valence-corrected chi connectivity index (χ1v) is 6.04. The van der Waals surface area contributed by atoms with Gasteiger partial charge in [-0.25, -0.2) is 0 Å². The van der Waals surface area contributed by atoms with E-state index in [-0.39, 0.29) is 0 Å². The summed E-state index contributed by atoms with van der Waals surface area (Å²) in [5.41, 5.74) is 10.5. The van der Waals surface area contributed by atoms with E-state index in [1.807, 2.05) is 0 Å². The van der Waals surface area contributed by atoms with E-state index in [1.165, 1.54) is 6.07 Å². The summed E-state index contributed by atoms with van der Waals surface area (Å²) in [7, 11) is 0. The fourth-order valence-electron chi connectivity index (χ4n) is 1.36. The summed E-state index contributed by atoms with van der Waals surface area (Å²) in [5.74, 6) is -2.57. The van der Waals surface area contributed by atoms with Gasteiger partial charge in [0.2, 0.25) is 23.6 Å². The maximum Gasteiger partial charge on any atom is 0.248 e. The average molecular weight is 302 g/mol. The second-order valence-electron chi connectivity index (χ2n) is 4.03. The van der Waals surface area contributed by atoms with E-state index in [9.17, 15) is 19.2 Å². The molecule has 8 heteroatoms. The predicted molar refractivity (Wildman–Crippen MR) is 80.4 cm³/mol. The third kappa shape index (κ3) is 6.66. The molecule has 1 aromatic carbocycles. The van der Waals surface area contributed by atoms with Crippen molar-refractivity contribution in [2.45, 2.75) is 0 Å². The smallest absolute Gasteiger partial charge is 0.248 e. The number of benzene rings is 1. The Morgan fingerprint density at radius 1 is 0.773 bits per heavy atom. The van der Waals surface area contributed by atoms with Gasteiger partial charge in [-0.05, 0) is 18.2 Å². The van der Waals surface area contributed by atoms with Crippen LogP contribution in [0.3, 0.4) is 0 Å². The molecule has 4 amide bonds. The van der Waals surface area contributed by atoms with Crippen LogP contribution in [0.4, 0.5) is 11.4 Å². The number of hydrogen-bond donors (Lipinski definition) is 4. The molecule has 0 bridgehead atoms. The lowest BCUT2D eigenvalue weighted by molar-refractivity contribution is -0.115. The molecule has 1 aromatic rings. The summed E-state index contributed by atoms with van der Waals surface area (Å²) in [6.07, 6.45) is 3.83. The Morgan fingerprint density at radius 3 is 1.55 bits per heavy atom. The van der Waals surface area contributed by atoms with Crippen LogP contribution >= 0.6 is 0 Å². The van der Waals surface area contributed by atoms with Crippen molar-refractivity contribution < 1.29 is 19.2 Å². The normalized spacial score (nSPS) is 10.5. The van der Waals surface area contributed by atoms with Gasteiger partial charge in [0.1, 0.15) is 0 Å². The number of anilines is 2. The minimum absolute atomic E-state index is 0.399. The molecule has 0 saturated carbocycles. The number of rotatable bonds is 6. The standard InChI is InChI=1S/C14H14N4O4/c15-11(19)4-6-13(21)17-9-2-1-3-10(8-9)18-14(22)7-5-12(16)20/h1-8H,(H2,15,19)(H2,16,20)(H,17,21)(H,18,22). The number of carbonyl (C=O) groups is 4. The summed E-state index contributed by atoms with van der Waals surface area (Å²) in [4.78, 5) is 44.0. The van der Waals surface area contributed by atoms with Crippen molar-refractivity contribution >= 4 is 35.0 Å². The number of primary amides is 2. The number of nitrogens with one attached hydrogen (secondary N) is 2. The van der Waals surface area contributed by atoms with E-state index in [1.54, 1.807) is 18.2 Å². The molecule has 8 nitrogen and oxygen atoms in total. The minimum atomic E-state index is -0.739. The summed E-state index contributed by atoms with van der Waals surface area (Å²) in [6, 6.07) is 6.27. The molecule has 0 unspecified atom stereocenters. The first-order chi connectivity index (χ1) is 10.4. The Hall–Kier alpha value is -3.42. The maximum absolute atomic E-state index is 11.5. The van der Waals surface area contributed by atoms with Crippen LogP contribution in [0.5, 0.6) is 0 Å². The maximum atomic E-state index is 11.5. The van der Waals surface area contributed by atoms with Crippen molar-refractivity contribution in [2.24, 2.45) is 11.5 Å². The molecule has 0 spiro atoms. The molecule has 0 heterocycles. The zero-order chi connectivity index (χ0) is 16.5. The predicted octanol–water partition coefficient (Wildman–Crippen LogP) is -0.353. The molecule has 0 aliphatic heterocycles. The molecular weight excluding hydrogens is 288 g/mol.